The minimum Gasteiger partial charge on any atom is -0.396 e. The molecule has 5 heteroatoms. The second-order valence-electron chi connectivity index (χ2n) is 7.03. The highest BCUT2D eigenvalue weighted by atomic mass is 16.2. The van der Waals surface area contributed by atoms with Crippen molar-refractivity contribution in [2.24, 2.45) is 0 Å². The van der Waals surface area contributed by atoms with Gasteiger partial charge in [0.15, 0.2) is 0 Å². The summed E-state index contributed by atoms with van der Waals surface area (Å²) in [5.41, 5.74) is 8.85. The number of aryl methyl sites for hydroxylation is 1. The Hall–Kier alpha value is -3.44. The maximum Gasteiger partial charge on any atom is 0.0658 e. The number of hydrogen-bond acceptors (Lipinski definition) is 3. The number of hydrogen-bond donors (Lipinski definition) is 3. The van der Waals surface area contributed by atoms with Gasteiger partial charge >= 0.3 is 0 Å². The summed E-state index contributed by atoms with van der Waals surface area (Å²) in [6, 6.07) is 14.4. The molecule has 0 saturated heterocycles. The molecule has 0 saturated carbocycles. The zero-order valence-electron chi connectivity index (χ0n) is 15.3. The molecule has 3 aromatic heterocycles. The van der Waals surface area contributed by atoms with Crippen LogP contribution < -0.4 is 0 Å². The third-order valence-corrected chi connectivity index (χ3v) is 4.86. The summed E-state index contributed by atoms with van der Waals surface area (Å²) in [6.45, 7) is 0.180. The van der Waals surface area contributed by atoms with Crippen molar-refractivity contribution in [2.75, 3.05) is 6.61 Å². The van der Waals surface area contributed by atoms with Gasteiger partial charge in [0.25, 0.3) is 0 Å². The van der Waals surface area contributed by atoms with Gasteiger partial charge in [-0.2, -0.15) is 0 Å². The largest absolute Gasteiger partial charge is 0.396 e. The zero-order valence-corrected chi connectivity index (χ0v) is 15.3. The lowest BCUT2D eigenvalue weighted by Gasteiger charge is -1.95. The van der Waals surface area contributed by atoms with Crippen LogP contribution in [0.3, 0.4) is 0 Å². The van der Waals surface area contributed by atoms with Crippen molar-refractivity contribution in [1.82, 2.24) is 19.9 Å². The van der Waals surface area contributed by atoms with Crippen LogP contribution in [0, 0.1) is 0 Å². The van der Waals surface area contributed by atoms with E-state index >= 15 is 0 Å². The number of nitrogens with zero attached hydrogens (tertiary/aromatic N) is 2. The molecule has 0 aromatic carbocycles. The summed E-state index contributed by atoms with van der Waals surface area (Å²) in [5.74, 6) is 0. The monoisotopic (exact) mass is 368 g/mol. The van der Waals surface area contributed by atoms with Gasteiger partial charge < -0.3 is 15.1 Å². The summed E-state index contributed by atoms with van der Waals surface area (Å²) < 4.78 is 0. The van der Waals surface area contributed by atoms with Gasteiger partial charge in [-0.25, -0.2) is 9.97 Å². The molecule has 5 nitrogen and oxygen atoms in total. The molecule has 3 aromatic rings. The van der Waals surface area contributed by atoms with E-state index in [4.69, 9.17) is 4.98 Å². The summed E-state index contributed by atoms with van der Waals surface area (Å²) in [7, 11) is 0. The first-order valence-corrected chi connectivity index (χ1v) is 9.43. The van der Waals surface area contributed by atoms with E-state index in [0.717, 1.165) is 57.7 Å². The van der Waals surface area contributed by atoms with Gasteiger partial charge in [0.1, 0.15) is 0 Å². The van der Waals surface area contributed by atoms with Crippen molar-refractivity contribution in [3.8, 4) is 0 Å². The highest BCUT2D eigenvalue weighted by Crippen LogP contribution is 2.20. The Labute approximate surface area is 162 Å². The molecule has 2 aliphatic heterocycles. The summed E-state index contributed by atoms with van der Waals surface area (Å²) in [4.78, 5) is 16.2. The highest BCUT2D eigenvalue weighted by molar-refractivity contribution is 5.78. The Balaban J connectivity index is 1.79. The van der Waals surface area contributed by atoms with E-state index in [2.05, 4.69) is 27.1 Å². The summed E-state index contributed by atoms with van der Waals surface area (Å²) in [5, 5.41) is 9.23. The number of aromatic nitrogens is 4. The second kappa shape index (κ2) is 6.94. The lowest BCUT2D eigenvalue weighted by Crippen LogP contribution is -1.87. The number of aliphatic hydroxyl groups is 1. The van der Waals surface area contributed by atoms with Gasteiger partial charge in [0.2, 0.25) is 0 Å². The number of rotatable bonds is 3. The Morgan fingerprint density at radius 3 is 1.86 bits per heavy atom. The van der Waals surface area contributed by atoms with Gasteiger partial charge in [-0.05, 0) is 85.2 Å². The molecule has 28 heavy (non-hydrogen) atoms. The first kappa shape index (κ1) is 16.7. The maximum atomic E-state index is 9.23. The summed E-state index contributed by atoms with van der Waals surface area (Å²) in [6.07, 6.45) is 9.61. The molecular weight excluding hydrogens is 348 g/mol. The minimum atomic E-state index is 0.180. The van der Waals surface area contributed by atoms with Crippen LogP contribution in [-0.4, -0.2) is 31.6 Å². The lowest BCUT2D eigenvalue weighted by atomic mass is 10.1. The van der Waals surface area contributed by atoms with E-state index < -0.39 is 0 Å². The number of nitrogens with one attached hydrogen (secondary N) is 2. The molecule has 3 N–H and O–H groups in total. The van der Waals surface area contributed by atoms with Crippen LogP contribution >= 0.6 is 0 Å². The van der Waals surface area contributed by atoms with Crippen LogP contribution in [0.15, 0.2) is 42.5 Å². The van der Waals surface area contributed by atoms with E-state index in [1.54, 1.807) is 0 Å². The van der Waals surface area contributed by atoms with Crippen LogP contribution in [0.2, 0.25) is 0 Å². The van der Waals surface area contributed by atoms with Crippen molar-refractivity contribution in [3.05, 3.63) is 70.8 Å². The fourth-order valence-electron chi connectivity index (χ4n) is 3.55. The van der Waals surface area contributed by atoms with E-state index in [-0.39, 0.29) is 6.61 Å². The smallest absolute Gasteiger partial charge is 0.0658 e. The fraction of sp³-hybridized carbons (Fsp3) is 0.130. The molecule has 2 aliphatic rings. The Morgan fingerprint density at radius 1 is 0.679 bits per heavy atom. The predicted molar refractivity (Wildman–Crippen MR) is 114 cm³/mol. The Bertz CT molecular complexity index is 1260. The number of aromatic amines is 2. The molecule has 0 unspecified atom stereocenters. The van der Waals surface area contributed by atoms with Gasteiger partial charge in [-0.3, -0.25) is 0 Å². The van der Waals surface area contributed by atoms with Gasteiger partial charge in [-0.15, -0.1) is 0 Å². The molecule has 0 atom stereocenters. The molecule has 0 aliphatic carbocycles. The van der Waals surface area contributed by atoms with Crippen molar-refractivity contribution >= 4 is 46.4 Å². The maximum absolute atomic E-state index is 9.23. The van der Waals surface area contributed by atoms with Crippen LogP contribution in [0.5, 0.6) is 0 Å². The third-order valence-electron chi connectivity index (χ3n) is 4.86. The SMILES string of the molecule is OCCCc1cc2cc3nc(cc4ccc(cc5nc(cc1[nH]2)C=C5)[nH]4)C=C3. The molecule has 5 heterocycles. The van der Waals surface area contributed by atoms with Crippen molar-refractivity contribution in [3.63, 3.8) is 0 Å². The van der Waals surface area contributed by atoms with Crippen molar-refractivity contribution in [1.29, 1.82) is 0 Å². The number of fused-ring (bicyclic) bond motifs is 8. The van der Waals surface area contributed by atoms with Crippen molar-refractivity contribution in [2.45, 2.75) is 12.8 Å². The normalized spacial score (nSPS) is 12.6. The van der Waals surface area contributed by atoms with Crippen LogP contribution in [0.4, 0.5) is 0 Å². The number of aliphatic hydroxyl groups excluding tert-OH is 1. The molecule has 8 bridgehead atoms. The molecule has 0 fully saturated rings. The molecule has 5 rings (SSSR count). The van der Waals surface area contributed by atoms with E-state index in [1.165, 1.54) is 5.56 Å². The molecule has 138 valence electrons. The Kier molecular flexibility index (Phi) is 4.14. The topological polar surface area (TPSA) is 77.6 Å². The Morgan fingerprint density at radius 2 is 1.25 bits per heavy atom. The third kappa shape index (κ3) is 3.40. The second-order valence-corrected chi connectivity index (χ2v) is 7.03. The van der Waals surface area contributed by atoms with Crippen LogP contribution in [0.25, 0.3) is 46.4 Å². The standard InChI is InChI=1S/C23H20N4O/c28-9-1-2-15-10-22-13-20-6-5-18(25-20)11-16-3-4-17(24-16)12-19-7-8-21(26-19)14-23(15)27-22/h3-8,10-14,24,27-28H,1-2,9H2. The van der Waals surface area contributed by atoms with Gasteiger partial charge in [0, 0.05) is 28.7 Å². The highest BCUT2D eigenvalue weighted by Gasteiger charge is 2.05. The van der Waals surface area contributed by atoms with Crippen LogP contribution in [-0.2, 0) is 6.42 Å². The molecule has 0 spiro atoms. The van der Waals surface area contributed by atoms with Gasteiger partial charge in [-0.1, -0.05) is 0 Å². The molecular formula is C23H20N4O. The molecule has 0 radical (unpaired) electrons. The van der Waals surface area contributed by atoms with Gasteiger partial charge in [0.05, 0.1) is 22.8 Å². The molecule has 0 amide bonds. The first-order valence-electron chi connectivity index (χ1n) is 9.43. The van der Waals surface area contributed by atoms with E-state index in [1.807, 2.05) is 54.6 Å². The average Bonchev–Trinajstić information content (AvgIpc) is 3.45. The van der Waals surface area contributed by atoms with Crippen LogP contribution in [0.1, 0.15) is 34.8 Å². The zero-order chi connectivity index (χ0) is 18.9. The number of H-pyrrole nitrogens is 2. The van der Waals surface area contributed by atoms with E-state index in [9.17, 15) is 5.11 Å². The fourth-order valence-corrected chi connectivity index (χ4v) is 3.55. The van der Waals surface area contributed by atoms with E-state index in [0.29, 0.717) is 0 Å². The summed E-state index contributed by atoms with van der Waals surface area (Å²) >= 11 is 0. The minimum absolute atomic E-state index is 0.180. The predicted octanol–water partition coefficient (Wildman–Crippen LogP) is 4.58. The quantitative estimate of drug-likeness (QED) is 0.436. The van der Waals surface area contributed by atoms with Crippen molar-refractivity contribution < 1.29 is 5.11 Å². The lowest BCUT2D eigenvalue weighted by molar-refractivity contribution is 0.289. The average molecular weight is 368 g/mol. The first-order chi connectivity index (χ1) is 13.7.